The lowest BCUT2D eigenvalue weighted by atomic mass is 9.78. The Labute approximate surface area is 226 Å². The third-order valence-electron chi connectivity index (χ3n) is 8.09. The van der Waals surface area contributed by atoms with Crippen molar-refractivity contribution in [3.8, 4) is 0 Å². The van der Waals surface area contributed by atoms with Crippen LogP contribution in [0.5, 0.6) is 0 Å². The van der Waals surface area contributed by atoms with Gasteiger partial charge in [-0.25, -0.2) is 0 Å². The van der Waals surface area contributed by atoms with Crippen LogP contribution in [0.15, 0.2) is 103 Å². The molecule has 2 atom stereocenters. The van der Waals surface area contributed by atoms with Crippen LogP contribution in [-0.4, -0.2) is 22.0 Å². The highest BCUT2D eigenvalue weighted by Crippen LogP contribution is 2.45. The van der Waals surface area contributed by atoms with Crippen molar-refractivity contribution < 1.29 is 0 Å². The first-order chi connectivity index (χ1) is 18.3. The maximum atomic E-state index is 2.70. The van der Waals surface area contributed by atoms with Gasteiger partial charge in [0, 0.05) is 37.8 Å². The number of nitrogens with zero attached hydrogens (tertiary/aromatic N) is 2. The number of hydrogen-bond donors (Lipinski definition) is 0. The van der Waals surface area contributed by atoms with E-state index in [1.165, 1.54) is 61.6 Å². The molecule has 0 saturated heterocycles. The van der Waals surface area contributed by atoms with E-state index in [1.807, 2.05) is 0 Å². The Bertz CT molecular complexity index is 1050. The van der Waals surface area contributed by atoms with Crippen LogP contribution < -0.4 is 0 Å². The molecule has 0 N–H and O–H groups in total. The van der Waals surface area contributed by atoms with E-state index in [0.29, 0.717) is 5.92 Å². The predicted octanol–water partition coefficient (Wildman–Crippen LogP) is 9.16. The fourth-order valence-corrected chi connectivity index (χ4v) is 6.20. The smallest absolute Gasteiger partial charge is 0.123 e. The van der Waals surface area contributed by atoms with Crippen LogP contribution in [0.2, 0.25) is 0 Å². The lowest BCUT2D eigenvalue weighted by Crippen LogP contribution is -2.59. The Morgan fingerprint density at radius 1 is 0.595 bits per heavy atom. The molecule has 0 radical (unpaired) electrons. The van der Waals surface area contributed by atoms with E-state index in [4.69, 9.17) is 0 Å². The molecule has 196 valence electrons. The zero-order valence-electron chi connectivity index (χ0n) is 23.1. The van der Waals surface area contributed by atoms with Gasteiger partial charge in [0.05, 0.1) is 0 Å². The second-order valence-corrected chi connectivity index (χ2v) is 10.6. The van der Waals surface area contributed by atoms with Gasteiger partial charge < -0.3 is 9.80 Å². The molecule has 2 heteroatoms. The molecule has 0 aliphatic carbocycles. The molecule has 0 fully saturated rings. The summed E-state index contributed by atoms with van der Waals surface area (Å²) >= 11 is 0. The summed E-state index contributed by atoms with van der Waals surface area (Å²) in [6.45, 7) is 6.69. The van der Waals surface area contributed by atoms with Crippen molar-refractivity contribution in [1.82, 2.24) is 9.80 Å². The summed E-state index contributed by atoms with van der Waals surface area (Å²) in [6, 6.07) is 33.4. The van der Waals surface area contributed by atoms with Crippen molar-refractivity contribution in [1.29, 1.82) is 0 Å². The average Bonchev–Trinajstić information content (AvgIpc) is 3.27. The summed E-state index contributed by atoms with van der Waals surface area (Å²) in [6.07, 6.45) is 16.2. The number of hydrogen-bond acceptors (Lipinski definition) is 2. The fraction of sp³-hybridized carbons (Fsp3) is 0.429. The molecule has 1 aliphatic heterocycles. The molecule has 2 unspecified atom stereocenters. The van der Waals surface area contributed by atoms with Gasteiger partial charge in [0.1, 0.15) is 5.66 Å². The lowest BCUT2D eigenvalue weighted by molar-refractivity contribution is -0.00767. The number of benzene rings is 3. The highest BCUT2D eigenvalue weighted by Gasteiger charge is 2.49. The minimum atomic E-state index is -0.143. The van der Waals surface area contributed by atoms with Gasteiger partial charge in [-0.15, -0.1) is 0 Å². The molecule has 0 saturated carbocycles. The molecule has 1 aliphatic rings. The Morgan fingerprint density at radius 2 is 1.14 bits per heavy atom. The minimum absolute atomic E-state index is 0.143. The lowest BCUT2D eigenvalue weighted by Gasteiger charge is -2.51. The van der Waals surface area contributed by atoms with E-state index >= 15 is 0 Å². The molecule has 2 nitrogen and oxygen atoms in total. The molecular formula is C35H46N2. The quantitative estimate of drug-likeness (QED) is 0.194. The SMILES string of the molecule is CCCCCCCCCN1C=CN(Cc2ccccc2)C1(Cc1ccccc1)C(CC)c1ccccc1. The Hall–Kier alpha value is -3.00. The predicted molar refractivity (Wildman–Crippen MR) is 158 cm³/mol. The summed E-state index contributed by atoms with van der Waals surface area (Å²) < 4.78 is 0. The first-order valence-electron chi connectivity index (χ1n) is 14.6. The Morgan fingerprint density at radius 3 is 1.76 bits per heavy atom. The van der Waals surface area contributed by atoms with Gasteiger partial charge in [0.25, 0.3) is 0 Å². The molecule has 0 aromatic heterocycles. The zero-order chi connectivity index (χ0) is 25.8. The van der Waals surface area contributed by atoms with Crippen molar-refractivity contribution in [2.45, 2.75) is 89.8 Å². The number of unbranched alkanes of at least 4 members (excludes halogenated alkanes) is 6. The van der Waals surface area contributed by atoms with E-state index in [-0.39, 0.29) is 5.66 Å². The molecular weight excluding hydrogens is 448 g/mol. The molecule has 0 amide bonds. The molecule has 3 aromatic carbocycles. The molecule has 1 heterocycles. The van der Waals surface area contributed by atoms with Crippen LogP contribution in [0.25, 0.3) is 0 Å². The van der Waals surface area contributed by atoms with Gasteiger partial charge in [0.15, 0.2) is 0 Å². The minimum Gasteiger partial charge on any atom is -0.353 e. The van der Waals surface area contributed by atoms with Crippen LogP contribution in [0.4, 0.5) is 0 Å². The van der Waals surface area contributed by atoms with Crippen LogP contribution in [0.1, 0.15) is 87.8 Å². The van der Waals surface area contributed by atoms with E-state index < -0.39 is 0 Å². The van der Waals surface area contributed by atoms with Gasteiger partial charge >= 0.3 is 0 Å². The van der Waals surface area contributed by atoms with Gasteiger partial charge in [0.2, 0.25) is 0 Å². The second-order valence-electron chi connectivity index (χ2n) is 10.6. The van der Waals surface area contributed by atoms with Gasteiger partial charge in [-0.05, 0) is 29.5 Å². The third-order valence-corrected chi connectivity index (χ3v) is 8.09. The zero-order valence-corrected chi connectivity index (χ0v) is 23.1. The Balaban J connectivity index is 1.66. The number of rotatable bonds is 15. The van der Waals surface area contributed by atoms with Crippen molar-refractivity contribution in [2.24, 2.45) is 0 Å². The topological polar surface area (TPSA) is 6.48 Å². The molecule has 3 aromatic rings. The van der Waals surface area contributed by atoms with Crippen LogP contribution >= 0.6 is 0 Å². The van der Waals surface area contributed by atoms with Crippen LogP contribution in [0.3, 0.4) is 0 Å². The standard InChI is InChI=1S/C35H46N2/c1-3-5-6-7-8-9-19-26-36-27-28-37(30-32-22-15-11-16-23-32)35(36,29-31-20-13-10-14-21-31)34(4-2)33-24-17-12-18-25-33/h10-18,20-25,27-28,34H,3-9,19,26,29-30H2,1-2H3. The summed E-state index contributed by atoms with van der Waals surface area (Å²) in [5, 5.41) is 0. The van der Waals surface area contributed by atoms with E-state index in [0.717, 1.165) is 25.9 Å². The fourth-order valence-electron chi connectivity index (χ4n) is 6.20. The molecule has 0 bridgehead atoms. The maximum Gasteiger partial charge on any atom is 0.123 e. The average molecular weight is 495 g/mol. The summed E-state index contributed by atoms with van der Waals surface area (Å²) in [5.74, 6) is 0.386. The van der Waals surface area contributed by atoms with Gasteiger partial charge in [-0.1, -0.05) is 143 Å². The largest absolute Gasteiger partial charge is 0.353 e. The van der Waals surface area contributed by atoms with E-state index in [9.17, 15) is 0 Å². The highest BCUT2D eigenvalue weighted by molar-refractivity contribution is 5.31. The highest BCUT2D eigenvalue weighted by atomic mass is 15.4. The van der Waals surface area contributed by atoms with Crippen molar-refractivity contribution in [3.63, 3.8) is 0 Å². The summed E-state index contributed by atoms with van der Waals surface area (Å²) in [5.41, 5.74) is 4.07. The first kappa shape index (κ1) is 27.0. The first-order valence-corrected chi connectivity index (χ1v) is 14.6. The summed E-state index contributed by atoms with van der Waals surface area (Å²) in [7, 11) is 0. The normalized spacial score (nSPS) is 17.9. The van der Waals surface area contributed by atoms with E-state index in [2.05, 4.69) is 127 Å². The summed E-state index contributed by atoms with van der Waals surface area (Å²) in [4.78, 5) is 5.36. The second kappa shape index (κ2) is 14.1. The maximum absolute atomic E-state index is 2.70. The van der Waals surface area contributed by atoms with Crippen LogP contribution in [0, 0.1) is 0 Å². The Kier molecular flexibility index (Phi) is 10.3. The molecule has 4 rings (SSSR count). The third kappa shape index (κ3) is 6.86. The van der Waals surface area contributed by atoms with Crippen molar-refractivity contribution >= 4 is 0 Å². The van der Waals surface area contributed by atoms with Gasteiger partial charge in [-0.2, -0.15) is 0 Å². The van der Waals surface area contributed by atoms with Crippen molar-refractivity contribution in [2.75, 3.05) is 6.54 Å². The van der Waals surface area contributed by atoms with Crippen LogP contribution in [-0.2, 0) is 13.0 Å². The van der Waals surface area contributed by atoms with Gasteiger partial charge in [-0.3, -0.25) is 0 Å². The van der Waals surface area contributed by atoms with E-state index in [1.54, 1.807) is 0 Å². The van der Waals surface area contributed by atoms with Crippen molar-refractivity contribution in [3.05, 3.63) is 120 Å². The molecule has 0 spiro atoms. The monoisotopic (exact) mass is 494 g/mol. The molecule has 37 heavy (non-hydrogen) atoms.